The van der Waals surface area contributed by atoms with E-state index in [1.807, 2.05) is 31.2 Å². The van der Waals surface area contributed by atoms with E-state index in [0.29, 0.717) is 6.61 Å². The molecule has 1 atom stereocenters. The molecule has 0 saturated carbocycles. The molecule has 0 amide bonds. The van der Waals surface area contributed by atoms with Crippen molar-refractivity contribution in [1.29, 1.82) is 0 Å². The van der Waals surface area contributed by atoms with Gasteiger partial charge in [-0.3, -0.25) is 4.79 Å². The normalized spacial score (nSPS) is 12.5. The molecular weight excluding hydrogens is 244 g/mol. The number of benzene rings is 1. The van der Waals surface area contributed by atoms with Gasteiger partial charge in [-0.2, -0.15) is 0 Å². The number of carbonyl (C=O) groups is 1. The predicted molar refractivity (Wildman–Crippen MR) is 60.1 cm³/mol. The van der Waals surface area contributed by atoms with Gasteiger partial charge in [0, 0.05) is 12.7 Å². The van der Waals surface area contributed by atoms with Crippen molar-refractivity contribution in [3.63, 3.8) is 0 Å². The zero-order valence-corrected chi connectivity index (χ0v) is 9.87. The summed E-state index contributed by atoms with van der Waals surface area (Å²) in [7, 11) is 1.58. The Morgan fingerprint density at radius 3 is 2.86 bits per heavy atom. The number of aryl methyl sites for hydroxylation is 1. The molecular formula is C11H13BrO2. The lowest BCUT2D eigenvalue weighted by molar-refractivity contribution is 0.0947. The van der Waals surface area contributed by atoms with Crippen LogP contribution in [0.5, 0.6) is 0 Å². The molecule has 1 rings (SSSR count). The summed E-state index contributed by atoms with van der Waals surface area (Å²) >= 11 is 3.29. The third-order valence-electron chi connectivity index (χ3n) is 1.90. The molecule has 0 heterocycles. The maximum atomic E-state index is 11.8. The second-order valence-electron chi connectivity index (χ2n) is 3.16. The highest BCUT2D eigenvalue weighted by Crippen LogP contribution is 2.12. The van der Waals surface area contributed by atoms with Crippen LogP contribution in [0.15, 0.2) is 24.3 Å². The second kappa shape index (κ2) is 5.27. The van der Waals surface area contributed by atoms with Gasteiger partial charge in [-0.25, -0.2) is 0 Å². The highest BCUT2D eigenvalue weighted by Gasteiger charge is 2.16. The lowest BCUT2D eigenvalue weighted by atomic mass is 10.1. The van der Waals surface area contributed by atoms with Crippen molar-refractivity contribution in [2.75, 3.05) is 13.7 Å². The molecule has 1 aromatic rings. The van der Waals surface area contributed by atoms with E-state index < -0.39 is 0 Å². The number of ketones is 1. The van der Waals surface area contributed by atoms with Crippen molar-refractivity contribution in [2.24, 2.45) is 0 Å². The van der Waals surface area contributed by atoms with Crippen LogP contribution in [0.3, 0.4) is 0 Å². The Balaban J connectivity index is 2.78. The summed E-state index contributed by atoms with van der Waals surface area (Å²) in [5.74, 6) is 0.0653. The Labute approximate surface area is 92.4 Å². The van der Waals surface area contributed by atoms with Crippen molar-refractivity contribution in [3.05, 3.63) is 35.4 Å². The van der Waals surface area contributed by atoms with Crippen molar-refractivity contribution in [3.8, 4) is 0 Å². The number of alkyl halides is 1. The van der Waals surface area contributed by atoms with Crippen molar-refractivity contribution < 1.29 is 9.53 Å². The molecule has 0 saturated heterocycles. The fraction of sp³-hybridized carbons (Fsp3) is 0.364. The van der Waals surface area contributed by atoms with Crippen molar-refractivity contribution >= 4 is 21.7 Å². The van der Waals surface area contributed by atoms with Crippen LogP contribution in [0.25, 0.3) is 0 Å². The number of hydrogen-bond acceptors (Lipinski definition) is 2. The molecule has 0 N–H and O–H groups in total. The third-order valence-corrected chi connectivity index (χ3v) is 2.58. The molecule has 0 aliphatic carbocycles. The molecule has 14 heavy (non-hydrogen) atoms. The van der Waals surface area contributed by atoms with Crippen LogP contribution in [-0.4, -0.2) is 24.3 Å². The summed E-state index contributed by atoms with van der Waals surface area (Å²) in [6.45, 7) is 2.36. The first-order valence-corrected chi connectivity index (χ1v) is 5.30. The lowest BCUT2D eigenvalue weighted by Gasteiger charge is -2.07. The maximum Gasteiger partial charge on any atom is 0.178 e. The fourth-order valence-electron chi connectivity index (χ4n) is 1.20. The van der Waals surface area contributed by atoms with Gasteiger partial charge in [0.05, 0.1) is 6.61 Å². The molecule has 0 bridgehead atoms. The van der Waals surface area contributed by atoms with Crippen LogP contribution >= 0.6 is 15.9 Å². The Morgan fingerprint density at radius 2 is 2.29 bits per heavy atom. The molecule has 3 heteroatoms. The summed E-state index contributed by atoms with van der Waals surface area (Å²) in [6, 6.07) is 7.55. The lowest BCUT2D eigenvalue weighted by Crippen LogP contribution is -2.19. The van der Waals surface area contributed by atoms with Crippen LogP contribution in [0.1, 0.15) is 15.9 Å². The number of carbonyl (C=O) groups excluding carboxylic acids is 1. The van der Waals surface area contributed by atoms with Gasteiger partial charge in [0.25, 0.3) is 0 Å². The van der Waals surface area contributed by atoms with E-state index in [-0.39, 0.29) is 10.6 Å². The predicted octanol–water partition coefficient (Wildman–Crippen LogP) is 2.59. The molecule has 0 aliphatic heterocycles. The molecule has 1 aromatic carbocycles. The fourth-order valence-corrected chi connectivity index (χ4v) is 1.73. The number of halogens is 1. The molecule has 1 unspecified atom stereocenters. The first kappa shape index (κ1) is 11.4. The summed E-state index contributed by atoms with van der Waals surface area (Å²) in [5, 5.41) is 0. The minimum absolute atomic E-state index is 0.0653. The van der Waals surface area contributed by atoms with Gasteiger partial charge in [-0.1, -0.05) is 39.7 Å². The van der Waals surface area contributed by atoms with E-state index in [4.69, 9.17) is 4.74 Å². The maximum absolute atomic E-state index is 11.8. The number of Topliss-reactive ketones (excluding diaryl/α,β-unsaturated/α-hetero) is 1. The van der Waals surface area contributed by atoms with Crippen molar-refractivity contribution in [1.82, 2.24) is 0 Å². The van der Waals surface area contributed by atoms with Crippen LogP contribution in [0.4, 0.5) is 0 Å². The largest absolute Gasteiger partial charge is 0.383 e. The summed E-state index contributed by atoms with van der Waals surface area (Å²) in [4.78, 5) is 11.5. The van der Waals surface area contributed by atoms with Crippen LogP contribution < -0.4 is 0 Å². The first-order chi connectivity index (χ1) is 6.65. The van der Waals surface area contributed by atoms with Crippen LogP contribution in [-0.2, 0) is 4.74 Å². The highest BCUT2D eigenvalue weighted by atomic mass is 79.9. The minimum Gasteiger partial charge on any atom is -0.383 e. The smallest absolute Gasteiger partial charge is 0.178 e. The second-order valence-corrected chi connectivity index (χ2v) is 4.26. The van der Waals surface area contributed by atoms with Crippen molar-refractivity contribution in [2.45, 2.75) is 11.8 Å². The van der Waals surface area contributed by atoms with E-state index in [2.05, 4.69) is 15.9 Å². The Hall–Kier alpha value is -0.670. The quantitative estimate of drug-likeness (QED) is 0.612. The topological polar surface area (TPSA) is 26.3 Å². The zero-order valence-electron chi connectivity index (χ0n) is 8.29. The molecule has 0 aromatic heterocycles. The standard InChI is InChI=1S/C11H13BrO2/c1-8-4-3-5-9(6-8)11(13)10(12)7-14-2/h3-6,10H,7H2,1-2H3. The molecule has 0 aliphatic rings. The monoisotopic (exact) mass is 256 g/mol. The van der Waals surface area contributed by atoms with E-state index in [0.717, 1.165) is 11.1 Å². The van der Waals surface area contributed by atoms with Gasteiger partial charge in [0.15, 0.2) is 5.78 Å². The van der Waals surface area contributed by atoms with E-state index in [9.17, 15) is 4.79 Å². The number of hydrogen-bond donors (Lipinski definition) is 0. The van der Waals surface area contributed by atoms with Gasteiger partial charge >= 0.3 is 0 Å². The van der Waals surface area contributed by atoms with Gasteiger partial charge in [0.2, 0.25) is 0 Å². The van der Waals surface area contributed by atoms with Crippen LogP contribution in [0.2, 0.25) is 0 Å². The third kappa shape index (κ3) is 2.93. The summed E-state index contributed by atoms with van der Waals surface area (Å²) in [5.41, 5.74) is 1.82. The SMILES string of the molecule is COCC(Br)C(=O)c1cccc(C)c1. The molecule has 2 nitrogen and oxygen atoms in total. The molecule has 0 fully saturated rings. The zero-order chi connectivity index (χ0) is 10.6. The molecule has 76 valence electrons. The Morgan fingerprint density at radius 1 is 1.57 bits per heavy atom. The van der Waals surface area contributed by atoms with Gasteiger partial charge in [-0.05, 0) is 13.0 Å². The number of rotatable bonds is 4. The highest BCUT2D eigenvalue weighted by molar-refractivity contribution is 9.10. The van der Waals surface area contributed by atoms with Gasteiger partial charge in [0.1, 0.15) is 4.83 Å². The Kier molecular flexibility index (Phi) is 4.29. The number of ether oxygens (including phenoxy) is 1. The summed E-state index contributed by atoms with van der Waals surface area (Å²) < 4.78 is 4.91. The minimum atomic E-state index is -0.255. The summed E-state index contributed by atoms with van der Waals surface area (Å²) in [6.07, 6.45) is 0. The van der Waals surface area contributed by atoms with Gasteiger partial charge in [-0.15, -0.1) is 0 Å². The average molecular weight is 257 g/mol. The average Bonchev–Trinajstić information content (AvgIpc) is 2.17. The Bertz CT molecular complexity index is 323. The first-order valence-electron chi connectivity index (χ1n) is 4.39. The molecule has 0 radical (unpaired) electrons. The van der Waals surface area contributed by atoms with E-state index in [1.54, 1.807) is 7.11 Å². The van der Waals surface area contributed by atoms with E-state index in [1.165, 1.54) is 0 Å². The number of methoxy groups -OCH3 is 1. The molecule has 0 spiro atoms. The van der Waals surface area contributed by atoms with Crippen LogP contribution in [0, 0.1) is 6.92 Å². The van der Waals surface area contributed by atoms with E-state index >= 15 is 0 Å². The van der Waals surface area contributed by atoms with Gasteiger partial charge < -0.3 is 4.74 Å².